The minimum atomic E-state index is -0.441. The summed E-state index contributed by atoms with van der Waals surface area (Å²) in [5, 5.41) is 3.75. The molecule has 1 saturated carbocycles. The lowest BCUT2D eigenvalue weighted by Crippen LogP contribution is -2.47. The lowest BCUT2D eigenvalue weighted by Gasteiger charge is -2.32. The van der Waals surface area contributed by atoms with E-state index in [1.165, 1.54) is 0 Å². The number of carbonyl (C=O) groups excluding carboxylic acids is 2. The van der Waals surface area contributed by atoms with Crippen molar-refractivity contribution < 1.29 is 9.59 Å². The second-order valence-corrected chi connectivity index (χ2v) is 7.83. The Bertz CT molecular complexity index is 647. The lowest BCUT2D eigenvalue weighted by atomic mass is 9.85. The van der Waals surface area contributed by atoms with E-state index >= 15 is 0 Å². The van der Waals surface area contributed by atoms with Crippen molar-refractivity contribution in [3.63, 3.8) is 0 Å². The van der Waals surface area contributed by atoms with Crippen molar-refractivity contribution in [3.05, 3.63) is 28.2 Å². The highest BCUT2D eigenvalue weighted by Gasteiger charge is 2.38. The standard InChI is InChI=1S/C18H23Cl2N3O2/c19-12-8-13(20)10-15(9-12)22-17(24)16-5-2-6-23(16)18(25)11-3-1-4-14(21)7-11/h8-11,14,16H,1-7,21H2,(H,22,24). The number of nitrogens with zero attached hydrogens (tertiary/aromatic N) is 1. The highest BCUT2D eigenvalue weighted by atomic mass is 35.5. The fraction of sp³-hybridized carbons (Fsp3) is 0.556. The van der Waals surface area contributed by atoms with Crippen molar-refractivity contribution in [2.75, 3.05) is 11.9 Å². The predicted molar refractivity (Wildman–Crippen MR) is 99.8 cm³/mol. The van der Waals surface area contributed by atoms with Crippen molar-refractivity contribution in [3.8, 4) is 0 Å². The summed E-state index contributed by atoms with van der Waals surface area (Å²) >= 11 is 12.0. The normalized spacial score (nSPS) is 26.5. The molecule has 1 aromatic carbocycles. The molecule has 3 atom stereocenters. The number of halogens is 2. The molecule has 1 aromatic rings. The first kappa shape index (κ1) is 18.5. The molecule has 1 aliphatic heterocycles. The van der Waals surface area contributed by atoms with Crippen molar-refractivity contribution in [1.82, 2.24) is 4.90 Å². The summed E-state index contributed by atoms with van der Waals surface area (Å²) in [6.07, 6.45) is 5.03. The summed E-state index contributed by atoms with van der Waals surface area (Å²) in [5.41, 5.74) is 6.55. The Hall–Kier alpha value is -1.30. The van der Waals surface area contributed by atoms with E-state index in [0.717, 1.165) is 25.7 Å². The van der Waals surface area contributed by atoms with Crippen LogP contribution in [0.4, 0.5) is 5.69 Å². The summed E-state index contributed by atoms with van der Waals surface area (Å²) in [6.45, 7) is 0.624. The summed E-state index contributed by atoms with van der Waals surface area (Å²) in [5.74, 6) is -0.181. The van der Waals surface area contributed by atoms with Gasteiger partial charge in [-0.05, 0) is 50.3 Å². The van der Waals surface area contributed by atoms with Gasteiger partial charge in [0.25, 0.3) is 0 Å². The van der Waals surface area contributed by atoms with Crippen LogP contribution in [0, 0.1) is 5.92 Å². The van der Waals surface area contributed by atoms with E-state index in [-0.39, 0.29) is 23.8 Å². The Labute approximate surface area is 157 Å². The molecule has 0 spiro atoms. The van der Waals surface area contributed by atoms with Gasteiger partial charge in [0.15, 0.2) is 0 Å². The topological polar surface area (TPSA) is 75.4 Å². The van der Waals surface area contributed by atoms with Crippen LogP contribution in [0.5, 0.6) is 0 Å². The molecule has 3 unspecified atom stereocenters. The van der Waals surface area contributed by atoms with E-state index in [4.69, 9.17) is 28.9 Å². The summed E-state index contributed by atoms with van der Waals surface area (Å²) in [6, 6.07) is 4.55. The van der Waals surface area contributed by atoms with Gasteiger partial charge in [0.05, 0.1) is 0 Å². The van der Waals surface area contributed by atoms with Crippen LogP contribution >= 0.6 is 23.2 Å². The average molecular weight is 384 g/mol. The SMILES string of the molecule is NC1CCCC(C(=O)N2CCCC2C(=O)Nc2cc(Cl)cc(Cl)c2)C1. The summed E-state index contributed by atoms with van der Waals surface area (Å²) in [4.78, 5) is 27.3. The van der Waals surface area contributed by atoms with Gasteiger partial charge in [-0.15, -0.1) is 0 Å². The number of anilines is 1. The van der Waals surface area contributed by atoms with E-state index < -0.39 is 6.04 Å². The fourth-order valence-corrected chi connectivity index (χ4v) is 4.37. The zero-order valence-electron chi connectivity index (χ0n) is 14.0. The summed E-state index contributed by atoms with van der Waals surface area (Å²) < 4.78 is 0. The first-order valence-electron chi connectivity index (χ1n) is 8.77. The van der Waals surface area contributed by atoms with Crippen LogP contribution in [0.3, 0.4) is 0 Å². The Morgan fingerprint density at radius 3 is 2.48 bits per heavy atom. The Kier molecular flexibility index (Phi) is 5.87. The van der Waals surface area contributed by atoms with Crippen LogP contribution < -0.4 is 11.1 Å². The molecular formula is C18H23Cl2N3O2. The third kappa shape index (κ3) is 4.46. The largest absolute Gasteiger partial charge is 0.330 e. The molecule has 2 aliphatic rings. The van der Waals surface area contributed by atoms with Crippen LogP contribution in [-0.2, 0) is 9.59 Å². The maximum Gasteiger partial charge on any atom is 0.247 e. The molecular weight excluding hydrogens is 361 g/mol. The zero-order chi connectivity index (χ0) is 18.0. The lowest BCUT2D eigenvalue weighted by molar-refractivity contribution is -0.141. The maximum absolute atomic E-state index is 12.9. The quantitative estimate of drug-likeness (QED) is 0.838. The number of carbonyl (C=O) groups is 2. The number of nitrogens with two attached hydrogens (primary N) is 1. The minimum Gasteiger partial charge on any atom is -0.330 e. The minimum absolute atomic E-state index is 0.0576. The molecule has 3 rings (SSSR count). The molecule has 1 heterocycles. The molecule has 0 bridgehead atoms. The highest BCUT2D eigenvalue weighted by molar-refractivity contribution is 6.35. The van der Waals surface area contributed by atoms with Gasteiger partial charge in [-0.25, -0.2) is 0 Å². The molecule has 0 radical (unpaired) electrons. The Balaban J connectivity index is 1.68. The molecule has 1 aliphatic carbocycles. The van der Waals surface area contributed by atoms with Gasteiger partial charge in [0, 0.05) is 34.2 Å². The molecule has 1 saturated heterocycles. The van der Waals surface area contributed by atoms with Crippen molar-refractivity contribution >= 4 is 40.7 Å². The monoisotopic (exact) mass is 383 g/mol. The van der Waals surface area contributed by atoms with Gasteiger partial charge in [-0.2, -0.15) is 0 Å². The molecule has 2 amide bonds. The fourth-order valence-electron chi connectivity index (χ4n) is 3.84. The second-order valence-electron chi connectivity index (χ2n) is 6.96. The number of nitrogens with one attached hydrogen (secondary N) is 1. The molecule has 2 fully saturated rings. The Morgan fingerprint density at radius 1 is 1.08 bits per heavy atom. The van der Waals surface area contributed by atoms with Gasteiger partial charge >= 0.3 is 0 Å². The van der Waals surface area contributed by atoms with Crippen LogP contribution in [0.15, 0.2) is 18.2 Å². The smallest absolute Gasteiger partial charge is 0.247 e. The van der Waals surface area contributed by atoms with Gasteiger partial charge in [-0.3, -0.25) is 9.59 Å². The predicted octanol–water partition coefficient (Wildman–Crippen LogP) is 3.44. The molecule has 3 N–H and O–H groups in total. The highest BCUT2D eigenvalue weighted by Crippen LogP contribution is 2.29. The van der Waals surface area contributed by atoms with Gasteiger partial charge in [-0.1, -0.05) is 29.6 Å². The zero-order valence-corrected chi connectivity index (χ0v) is 15.5. The van der Waals surface area contributed by atoms with Gasteiger partial charge < -0.3 is 16.0 Å². The van der Waals surface area contributed by atoms with Crippen molar-refractivity contribution in [2.24, 2.45) is 11.7 Å². The number of hydrogen-bond acceptors (Lipinski definition) is 3. The average Bonchev–Trinajstić information content (AvgIpc) is 3.02. The van der Waals surface area contributed by atoms with Crippen molar-refractivity contribution in [2.45, 2.75) is 50.6 Å². The maximum atomic E-state index is 12.9. The molecule has 25 heavy (non-hydrogen) atoms. The molecule has 136 valence electrons. The number of benzene rings is 1. The van der Waals surface area contributed by atoms with E-state index in [1.54, 1.807) is 23.1 Å². The Morgan fingerprint density at radius 2 is 1.80 bits per heavy atom. The van der Waals surface area contributed by atoms with Gasteiger partial charge in [0.1, 0.15) is 6.04 Å². The first-order chi connectivity index (χ1) is 11.9. The molecule has 0 aromatic heterocycles. The number of hydrogen-bond donors (Lipinski definition) is 2. The van der Waals surface area contributed by atoms with Crippen LogP contribution in [0.25, 0.3) is 0 Å². The molecule has 7 heteroatoms. The second kappa shape index (κ2) is 7.94. The van der Waals surface area contributed by atoms with Crippen LogP contribution in [0.2, 0.25) is 10.0 Å². The third-order valence-electron chi connectivity index (χ3n) is 5.03. The molecule has 5 nitrogen and oxygen atoms in total. The van der Waals surface area contributed by atoms with Gasteiger partial charge in [0.2, 0.25) is 11.8 Å². The number of rotatable bonds is 3. The third-order valence-corrected chi connectivity index (χ3v) is 5.47. The summed E-state index contributed by atoms with van der Waals surface area (Å²) in [7, 11) is 0. The number of amides is 2. The first-order valence-corrected chi connectivity index (χ1v) is 9.52. The van der Waals surface area contributed by atoms with Crippen LogP contribution in [-0.4, -0.2) is 35.3 Å². The van der Waals surface area contributed by atoms with E-state index in [9.17, 15) is 9.59 Å². The van der Waals surface area contributed by atoms with Crippen molar-refractivity contribution in [1.29, 1.82) is 0 Å². The number of likely N-dealkylation sites (tertiary alicyclic amines) is 1. The van der Waals surface area contributed by atoms with E-state index in [1.807, 2.05) is 0 Å². The van der Waals surface area contributed by atoms with Crippen LogP contribution in [0.1, 0.15) is 38.5 Å². The van der Waals surface area contributed by atoms with E-state index in [2.05, 4.69) is 5.32 Å². The van der Waals surface area contributed by atoms with E-state index in [0.29, 0.717) is 35.1 Å².